The molecule has 2 aromatic carbocycles. The lowest BCUT2D eigenvalue weighted by molar-refractivity contribution is 0.0435. The topological polar surface area (TPSA) is 92.8 Å². The number of ether oxygens (including phenoxy) is 6. The van der Waals surface area contributed by atoms with E-state index in [4.69, 9.17) is 28.4 Å². The average molecular weight is 566 g/mol. The summed E-state index contributed by atoms with van der Waals surface area (Å²) in [6.45, 7) is 5.22. The minimum absolute atomic E-state index is 0.0290. The minimum Gasteiger partial charge on any atom is -0.493 e. The molecule has 0 N–H and O–H groups in total. The Kier molecular flexibility index (Phi) is 11.1. The molecule has 1 saturated heterocycles. The molecule has 1 aliphatic heterocycles. The summed E-state index contributed by atoms with van der Waals surface area (Å²) in [4.78, 5) is 2.01. The second-order valence-electron chi connectivity index (χ2n) is 9.81. The number of methoxy groups -OCH3 is 3. The highest BCUT2D eigenvalue weighted by Gasteiger charge is 2.33. The lowest BCUT2D eigenvalue weighted by Crippen LogP contribution is -2.22. The van der Waals surface area contributed by atoms with Crippen LogP contribution < -0.4 is 23.7 Å². The lowest BCUT2D eigenvalue weighted by atomic mass is 10.0. The number of nitrogens with zero attached hydrogens (tertiary/aromatic N) is 1. The van der Waals surface area contributed by atoms with Crippen LogP contribution in [0.15, 0.2) is 29.2 Å². The molecule has 0 saturated carbocycles. The summed E-state index contributed by atoms with van der Waals surface area (Å²) in [7, 11) is 4.78. The van der Waals surface area contributed by atoms with Gasteiger partial charge in [-0.15, -0.1) is 0 Å². The van der Waals surface area contributed by atoms with Crippen LogP contribution in [0.1, 0.15) is 62.9 Å². The molecule has 218 valence electrons. The summed E-state index contributed by atoms with van der Waals surface area (Å²) in [5, 5.41) is 0. The second kappa shape index (κ2) is 14.1. The van der Waals surface area contributed by atoms with Crippen LogP contribution in [0.3, 0.4) is 0 Å². The fraction of sp³-hybridized carbons (Fsp3) is 0.586. The Balaban J connectivity index is 2.02. The number of hydrogen-bond acceptors (Lipinski definition) is 9. The van der Waals surface area contributed by atoms with E-state index in [-0.39, 0.29) is 28.6 Å². The van der Waals surface area contributed by atoms with E-state index in [0.717, 1.165) is 30.4 Å². The maximum absolute atomic E-state index is 13.6. The molecule has 0 amide bonds. The zero-order chi connectivity index (χ0) is 28.6. The fourth-order valence-electron chi connectivity index (χ4n) is 4.51. The molecule has 10 heteroatoms. The van der Waals surface area contributed by atoms with Gasteiger partial charge < -0.3 is 33.3 Å². The standard InChI is InChI=1S/C29H43NO8S/c1-8-13-36-26-18-21(19-27(29(26)37-14-9-2)39(31,32)15-12-30(3)4)23-11-10-22(38-23)20-16-24(33-5)28(35-7)25(17-20)34-6/h16-19,22-23H,8-15H2,1-7H3/t22-,23-/m0/s1. The van der Waals surface area contributed by atoms with Crippen molar-refractivity contribution < 1.29 is 36.8 Å². The first-order valence-corrected chi connectivity index (χ1v) is 15.1. The highest BCUT2D eigenvalue weighted by molar-refractivity contribution is 7.91. The molecule has 0 aliphatic carbocycles. The maximum Gasteiger partial charge on any atom is 0.203 e. The molecule has 0 radical (unpaired) electrons. The molecule has 1 heterocycles. The molecule has 1 fully saturated rings. The van der Waals surface area contributed by atoms with Gasteiger partial charge in [0, 0.05) is 6.54 Å². The summed E-state index contributed by atoms with van der Waals surface area (Å²) < 4.78 is 62.1. The molecule has 39 heavy (non-hydrogen) atoms. The molecule has 1 aliphatic rings. The number of benzene rings is 2. The van der Waals surface area contributed by atoms with Crippen molar-refractivity contribution in [3.05, 3.63) is 35.4 Å². The van der Waals surface area contributed by atoms with E-state index in [1.807, 2.05) is 51.0 Å². The first-order chi connectivity index (χ1) is 18.7. The summed E-state index contributed by atoms with van der Waals surface area (Å²) >= 11 is 0. The van der Waals surface area contributed by atoms with Crippen LogP contribution in [0.5, 0.6) is 28.7 Å². The van der Waals surface area contributed by atoms with E-state index < -0.39 is 9.84 Å². The van der Waals surface area contributed by atoms with E-state index in [1.165, 1.54) is 0 Å². The van der Waals surface area contributed by atoms with Gasteiger partial charge in [0.2, 0.25) is 5.75 Å². The van der Waals surface area contributed by atoms with Gasteiger partial charge in [0.1, 0.15) is 4.90 Å². The third-order valence-corrected chi connectivity index (χ3v) is 8.24. The van der Waals surface area contributed by atoms with Gasteiger partial charge in [-0.05, 0) is 75.2 Å². The maximum atomic E-state index is 13.6. The Morgan fingerprint density at radius 3 is 1.85 bits per heavy atom. The van der Waals surface area contributed by atoms with Crippen LogP contribution in [0.25, 0.3) is 0 Å². The molecule has 2 atom stereocenters. The summed E-state index contributed by atoms with van der Waals surface area (Å²) in [5.74, 6) is 2.32. The summed E-state index contributed by atoms with van der Waals surface area (Å²) in [6, 6.07) is 7.36. The van der Waals surface area contributed by atoms with E-state index in [9.17, 15) is 8.42 Å². The van der Waals surface area contributed by atoms with Crippen molar-refractivity contribution >= 4 is 9.84 Å². The molecule has 0 aromatic heterocycles. The molecule has 9 nitrogen and oxygen atoms in total. The lowest BCUT2D eigenvalue weighted by Gasteiger charge is -2.21. The fourth-order valence-corrected chi connectivity index (χ4v) is 6.09. The first kappa shape index (κ1) is 30.8. The third kappa shape index (κ3) is 7.49. The monoisotopic (exact) mass is 565 g/mol. The second-order valence-corrected chi connectivity index (χ2v) is 11.9. The molecule has 3 rings (SSSR count). The van der Waals surface area contributed by atoms with Crippen molar-refractivity contribution in [2.45, 2.75) is 56.6 Å². The van der Waals surface area contributed by atoms with E-state index in [0.29, 0.717) is 49.2 Å². The van der Waals surface area contributed by atoms with Crippen molar-refractivity contribution in [1.82, 2.24) is 4.90 Å². The van der Waals surface area contributed by atoms with Gasteiger partial charge in [0.05, 0.1) is 52.5 Å². The number of hydrogen-bond donors (Lipinski definition) is 0. The average Bonchev–Trinajstić information content (AvgIpc) is 3.43. The molecule has 2 aromatic rings. The van der Waals surface area contributed by atoms with Crippen molar-refractivity contribution in [2.75, 3.05) is 60.9 Å². The van der Waals surface area contributed by atoms with Crippen LogP contribution in [0.4, 0.5) is 0 Å². The first-order valence-electron chi connectivity index (χ1n) is 13.4. The van der Waals surface area contributed by atoms with Gasteiger partial charge in [0.15, 0.2) is 32.8 Å². The van der Waals surface area contributed by atoms with Gasteiger partial charge in [0.25, 0.3) is 0 Å². The van der Waals surface area contributed by atoms with Crippen LogP contribution in [0, 0.1) is 0 Å². The van der Waals surface area contributed by atoms with Crippen molar-refractivity contribution in [2.24, 2.45) is 0 Å². The predicted molar refractivity (Wildman–Crippen MR) is 151 cm³/mol. The van der Waals surface area contributed by atoms with Crippen LogP contribution >= 0.6 is 0 Å². The normalized spacial score (nSPS) is 17.3. The largest absolute Gasteiger partial charge is 0.493 e. The van der Waals surface area contributed by atoms with Crippen LogP contribution in [0.2, 0.25) is 0 Å². The third-order valence-electron chi connectivity index (χ3n) is 6.55. The smallest absolute Gasteiger partial charge is 0.203 e. The van der Waals surface area contributed by atoms with E-state index in [1.54, 1.807) is 27.4 Å². The van der Waals surface area contributed by atoms with Gasteiger partial charge >= 0.3 is 0 Å². The summed E-state index contributed by atoms with van der Waals surface area (Å²) in [6.07, 6.45) is 2.43. The predicted octanol–water partition coefficient (Wildman–Crippen LogP) is 5.22. The Hall–Kier alpha value is -2.69. The Bertz CT molecular complexity index is 1170. The van der Waals surface area contributed by atoms with Crippen molar-refractivity contribution in [3.8, 4) is 28.7 Å². The van der Waals surface area contributed by atoms with Gasteiger partial charge in [-0.25, -0.2) is 8.42 Å². The number of rotatable bonds is 15. The Morgan fingerprint density at radius 1 is 0.795 bits per heavy atom. The number of sulfone groups is 1. The van der Waals surface area contributed by atoms with Crippen LogP contribution in [-0.4, -0.2) is 74.3 Å². The Morgan fingerprint density at radius 2 is 1.33 bits per heavy atom. The molecule has 0 unspecified atom stereocenters. The van der Waals surface area contributed by atoms with E-state index >= 15 is 0 Å². The van der Waals surface area contributed by atoms with Gasteiger partial charge in [-0.1, -0.05) is 13.8 Å². The van der Waals surface area contributed by atoms with Crippen molar-refractivity contribution in [3.63, 3.8) is 0 Å². The van der Waals surface area contributed by atoms with E-state index in [2.05, 4.69) is 0 Å². The highest BCUT2D eigenvalue weighted by Crippen LogP contribution is 2.48. The summed E-state index contributed by atoms with van der Waals surface area (Å²) in [5.41, 5.74) is 1.65. The molecular weight excluding hydrogens is 522 g/mol. The Labute approximate surface area is 233 Å². The van der Waals surface area contributed by atoms with Crippen LogP contribution in [-0.2, 0) is 14.6 Å². The van der Waals surface area contributed by atoms with Crippen molar-refractivity contribution in [1.29, 1.82) is 0 Å². The SMILES string of the molecule is CCCOc1cc([C@@H]2CC[C@@H](c3cc(OC)c(OC)c(OC)c3)O2)cc(S(=O)(=O)CCN(C)C)c1OCCC. The molecule has 0 bridgehead atoms. The van der Waals surface area contributed by atoms with Gasteiger partial charge in [-0.3, -0.25) is 0 Å². The zero-order valence-corrected chi connectivity index (χ0v) is 25.1. The molecule has 0 spiro atoms. The molecular formula is C29H43NO8S. The van der Waals surface area contributed by atoms with Gasteiger partial charge in [-0.2, -0.15) is 0 Å². The highest BCUT2D eigenvalue weighted by atomic mass is 32.2. The minimum atomic E-state index is -3.66. The zero-order valence-electron chi connectivity index (χ0n) is 24.2. The quantitative estimate of drug-likeness (QED) is 0.288.